The van der Waals surface area contributed by atoms with E-state index in [2.05, 4.69) is 40.1 Å². The monoisotopic (exact) mass is 144 g/mol. The van der Waals surface area contributed by atoms with Gasteiger partial charge in [-0.25, -0.2) is 5.48 Å². The average Bonchev–Trinajstić information content (AvgIpc) is 1.84. The van der Waals surface area contributed by atoms with Crippen LogP contribution in [0.4, 0.5) is 0 Å². The van der Waals surface area contributed by atoms with Crippen molar-refractivity contribution in [2.45, 2.75) is 33.3 Å². The smallest absolute Gasteiger partial charge is 0.0863 e. The van der Waals surface area contributed by atoms with Gasteiger partial charge in [0.05, 0.1) is 5.60 Å². The molecule has 0 aromatic heterocycles. The van der Waals surface area contributed by atoms with Gasteiger partial charge in [-0.05, 0) is 26.7 Å². The van der Waals surface area contributed by atoms with E-state index in [9.17, 15) is 0 Å². The molecule has 2 heteroatoms. The first kappa shape index (κ1) is 9.92. The molecule has 0 rings (SSSR count). The van der Waals surface area contributed by atoms with Crippen molar-refractivity contribution in [1.82, 2.24) is 5.48 Å². The number of rotatable bonds is 4. The van der Waals surface area contributed by atoms with Crippen LogP contribution in [0.5, 0.6) is 0 Å². The van der Waals surface area contributed by atoms with Crippen molar-refractivity contribution >= 4 is 0 Å². The second-order valence-electron chi connectivity index (χ2n) is 3.25. The Balaban J connectivity index is 3.63. The molecule has 0 fully saturated rings. The van der Waals surface area contributed by atoms with Gasteiger partial charge in [0, 0.05) is 6.54 Å². The third-order valence-electron chi connectivity index (χ3n) is 1.83. The van der Waals surface area contributed by atoms with Crippen LogP contribution in [0.2, 0.25) is 0 Å². The van der Waals surface area contributed by atoms with Crippen LogP contribution >= 0.6 is 0 Å². The van der Waals surface area contributed by atoms with Gasteiger partial charge in [0.25, 0.3) is 0 Å². The molecule has 0 aliphatic carbocycles. The van der Waals surface area contributed by atoms with E-state index < -0.39 is 0 Å². The van der Waals surface area contributed by atoms with Gasteiger partial charge in [-0.2, -0.15) is 0 Å². The Morgan fingerprint density at radius 2 is 2.00 bits per heavy atom. The van der Waals surface area contributed by atoms with E-state index in [1.807, 2.05) is 0 Å². The summed E-state index contributed by atoms with van der Waals surface area (Å²) in [6, 6.07) is 0. The third-order valence-corrected chi connectivity index (χ3v) is 1.83. The molecular formula is C8H18NO. The summed E-state index contributed by atoms with van der Waals surface area (Å²) in [6.45, 7) is 12.6. The van der Waals surface area contributed by atoms with Gasteiger partial charge in [-0.15, -0.1) is 0 Å². The zero-order chi connectivity index (χ0) is 8.20. The van der Waals surface area contributed by atoms with Crippen LogP contribution in [0.15, 0.2) is 0 Å². The van der Waals surface area contributed by atoms with Crippen molar-refractivity contribution in [2.24, 2.45) is 5.92 Å². The molecule has 0 amide bonds. The van der Waals surface area contributed by atoms with Gasteiger partial charge in [-0.1, -0.05) is 13.8 Å². The molecule has 0 spiro atoms. The number of hydrogen-bond acceptors (Lipinski definition) is 2. The summed E-state index contributed by atoms with van der Waals surface area (Å²) in [7, 11) is 0. The quantitative estimate of drug-likeness (QED) is 0.607. The summed E-state index contributed by atoms with van der Waals surface area (Å²) < 4.78 is 0. The normalized spacial score (nSPS) is 12.6. The zero-order valence-electron chi connectivity index (χ0n) is 7.40. The van der Waals surface area contributed by atoms with Crippen LogP contribution in [0.1, 0.15) is 27.7 Å². The van der Waals surface area contributed by atoms with Crippen LogP contribution in [0, 0.1) is 12.8 Å². The predicted molar refractivity (Wildman–Crippen MR) is 43.4 cm³/mol. The Hall–Kier alpha value is -0.0800. The zero-order valence-corrected chi connectivity index (χ0v) is 7.40. The molecule has 0 aromatic carbocycles. The molecule has 0 heterocycles. The molecule has 0 aromatic rings. The summed E-state index contributed by atoms with van der Waals surface area (Å²) in [4.78, 5) is 5.33. The van der Waals surface area contributed by atoms with E-state index in [1.165, 1.54) is 0 Å². The molecular weight excluding hydrogens is 126 g/mol. The highest BCUT2D eigenvalue weighted by Crippen LogP contribution is 2.18. The summed E-state index contributed by atoms with van der Waals surface area (Å²) in [5.74, 6) is 0.506. The summed E-state index contributed by atoms with van der Waals surface area (Å²) in [6.07, 6.45) is 0. The fourth-order valence-electron chi connectivity index (χ4n) is 0.355. The molecule has 0 aliphatic heterocycles. The molecule has 1 radical (unpaired) electrons. The van der Waals surface area contributed by atoms with Gasteiger partial charge >= 0.3 is 0 Å². The highest BCUT2D eigenvalue weighted by molar-refractivity contribution is 4.71. The number of nitrogens with one attached hydrogen (secondary N) is 1. The fourth-order valence-corrected chi connectivity index (χ4v) is 0.355. The van der Waals surface area contributed by atoms with Crippen LogP contribution in [0.3, 0.4) is 0 Å². The molecule has 0 saturated carbocycles. The minimum atomic E-state index is -0.0995. The van der Waals surface area contributed by atoms with Crippen molar-refractivity contribution in [3.05, 3.63) is 6.92 Å². The van der Waals surface area contributed by atoms with Crippen molar-refractivity contribution in [2.75, 3.05) is 6.54 Å². The lowest BCUT2D eigenvalue weighted by Crippen LogP contribution is -2.36. The van der Waals surface area contributed by atoms with Gasteiger partial charge in [0.15, 0.2) is 0 Å². The van der Waals surface area contributed by atoms with Crippen LogP contribution in [-0.4, -0.2) is 12.1 Å². The van der Waals surface area contributed by atoms with E-state index in [-0.39, 0.29) is 5.60 Å². The van der Waals surface area contributed by atoms with Gasteiger partial charge in [0.2, 0.25) is 0 Å². The third kappa shape index (κ3) is 3.18. The second-order valence-corrected chi connectivity index (χ2v) is 3.25. The molecule has 0 saturated heterocycles. The van der Waals surface area contributed by atoms with Crippen molar-refractivity contribution < 1.29 is 4.84 Å². The summed E-state index contributed by atoms with van der Waals surface area (Å²) >= 11 is 0. The van der Waals surface area contributed by atoms with E-state index in [4.69, 9.17) is 4.84 Å². The molecule has 2 nitrogen and oxygen atoms in total. The van der Waals surface area contributed by atoms with Crippen molar-refractivity contribution in [3.63, 3.8) is 0 Å². The number of hydroxylamine groups is 1. The van der Waals surface area contributed by atoms with Gasteiger partial charge in [0.1, 0.15) is 0 Å². The SMILES string of the molecule is [CH2]CNOC(C)(C)C(C)C. The van der Waals surface area contributed by atoms with Crippen LogP contribution in [-0.2, 0) is 4.84 Å². The molecule has 0 bridgehead atoms. The molecule has 10 heavy (non-hydrogen) atoms. The van der Waals surface area contributed by atoms with Crippen molar-refractivity contribution in [1.29, 1.82) is 0 Å². The predicted octanol–water partition coefficient (Wildman–Crippen LogP) is 1.78. The molecule has 1 N–H and O–H groups in total. The maximum Gasteiger partial charge on any atom is 0.0863 e. The fraction of sp³-hybridized carbons (Fsp3) is 0.875. The minimum absolute atomic E-state index is 0.0995. The molecule has 0 unspecified atom stereocenters. The summed E-state index contributed by atoms with van der Waals surface area (Å²) in [5.41, 5.74) is 2.66. The van der Waals surface area contributed by atoms with Gasteiger partial charge in [-0.3, -0.25) is 4.84 Å². The molecule has 0 aliphatic rings. The van der Waals surface area contributed by atoms with Crippen LogP contribution < -0.4 is 5.48 Å². The maximum absolute atomic E-state index is 5.33. The molecule has 0 atom stereocenters. The van der Waals surface area contributed by atoms with E-state index in [1.54, 1.807) is 0 Å². The van der Waals surface area contributed by atoms with Crippen LogP contribution in [0.25, 0.3) is 0 Å². The minimum Gasteiger partial charge on any atom is -0.296 e. The lowest BCUT2D eigenvalue weighted by Gasteiger charge is -2.28. The highest BCUT2D eigenvalue weighted by Gasteiger charge is 2.22. The Bertz CT molecular complexity index is 89.3. The average molecular weight is 144 g/mol. The first-order valence-electron chi connectivity index (χ1n) is 3.71. The molecule has 61 valence electrons. The highest BCUT2D eigenvalue weighted by atomic mass is 16.7. The lowest BCUT2D eigenvalue weighted by atomic mass is 9.95. The standard InChI is InChI=1S/C8H18NO/c1-6-9-10-8(4,5)7(2)3/h7,9H,1,6H2,2-5H3. The Labute approximate surface area is 63.9 Å². The van der Waals surface area contributed by atoms with E-state index in [0.717, 1.165) is 0 Å². The van der Waals surface area contributed by atoms with Crippen molar-refractivity contribution in [3.8, 4) is 0 Å². The second kappa shape index (κ2) is 3.94. The topological polar surface area (TPSA) is 21.3 Å². The Morgan fingerprint density at radius 1 is 1.50 bits per heavy atom. The van der Waals surface area contributed by atoms with Gasteiger partial charge < -0.3 is 0 Å². The lowest BCUT2D eigenvalue weighted by molar-refractivity contribution is -0.106. The largest absolute Gasteiger partial charge is 0.296 e. The first-order valence-corrected chi connectivity index (χ1v) is 3.71. The maximum atomic E-state index is 5.33. The Morgan fingerprint density at radius 3 is 2.30 bits per heavy atom. The van der Waals surface area contributed by atoms with E-state index in [0.29, 0.717) is 12.5 Å². The number of hydrogen-bond donors (Lipinski definition) is 1. The van der Waals surface area contributed by atoms with E-state index >= 15 is 0 Å². The first-order chi connectivity index (χ1) is 4.50. The Kier molecular flexibility index (Phi) is 3.91. The summed E-state index contributed by atoms with van der Waals surface area (Å²) in [5, 5.41) is 0.